The molecule has 0 amide bonds. The molecule has 1 saturated carbocycles. The predicted octanol–water partition coefficient (Wildman–Crippen LogP) is 5.02. The molecule has 2 aromatic rings. The lowest BCUT2D eigenvalue weighted by molar-refractivity contribution is -0.136. The van der Waals surface area contributed by atoms with Gasteiger partial charge in [-0.2, -0.15) is 13.2 Å². The van der Waals surface area contributed by atoms with Crippen molar-refractivity contribution in [3.8, 4) is 0 Å². The predicted molar refractivity (Wildman–Crippen MR) is 116 cm³/mol. The number of rotatable bonds is 6. The maximum Gasteiger partial charge on any atom is 0.418 e. The highest BCUT2D eigenvalue weighted by Gasteiger charge is 2.39. The number of fused-ring (bicyclic) bond motifs is 1. The number of alkyl halides is 3. The highest BCUT2D eigenvalue weighted by Crippen LogP contribution is 2.40. The molecule has 0 spiro atoms. The van der Waals surface area contributed by atoms with Crippen LogP contribution in [-0.2, 0) is 11.0 Å². The van der Waals surface area contributed by atoms with E-state index in [1.807, 2.05) is 19.0 Å². The molecule has 7 heteroatoms. The highest BCUT2D eigenvalue weighted by atomic mass is 19.4. The summed E-state index contributed by atoms with van der Waals surface area (Å²) in [6.07, 6.45) is 0.680. The molecule has 1 aliphatic carbocycles. The Balaban J connectivity index is 1.59. The highest BCUT2D eigenvalue weighted by molar-refractivity contribution is 5.94. The van der Waals surface area contributed by atoms with E-state index >= 15 is 0 Å². The first-order valence-corrected chi connectivity index (χ1v) is 11.0. The first kappa shape index (κ1) is 22.1. The monoisotopic (exact) mass is 433 g/mol. The number of hydrogen-bond acceptors (Lipinski definition) is 4. The number of nitrogens with zero attached hydrogens (tertiary/aromatic N) is 3. The van der Waals surface area contributed by atoms with Crippen molar-refractivity contribution in [2.75, 3.05) is 32.1 Å². The Labute approximate surface area is 181 Å². The van der Waals surface area contributed by atoms with Crippen molar-refractivity contribution in [1.82, 2.24) is 9.88 Å². The van der Waals surface area contributed by atoms with Crippen LogP contribution in [0.15, 0.2) is 30.5 Å². The molecule has 1 aromatic carbocycles. The summed E-state index contributed by atoms with van der Waals surface area (Å²) in [4.78, 5) is 21.3. The lowest BCUT2D eigenvalue weighted by atomic mass is 9.84. The summed E-state index contributed by atoms with van der Waals surface area (Å²) >= 11 is 0. The number of pyridine rings is 1. The molecule has 31 heavy (non-hydrogen) atoms. The Hall–Kier alpha value is -2.15. The van der Waals surface area contributed by atoms with Gasteiger partial charge in [-0.3, -0.25) is 14.7 Å². The third-order valence-corrected chi connectivity index (χ3v) is 6.58. The Bertz CT molecular complexity index is 953. The van der Waals surface area contributed by atoms with Crippen molar-refractivity contribution in [2.24, 2.45) is 17.8 Å². The lowest BCUT2D eigenvalue weighted by Gasteiger charge is -2.39. The molecule has 3 atom stereocenters. The first-order chi connectivity index (χ1) is 14.6. The van der Waals surface area contributed by atoms with E-state index in [-0.39, 0.29) is 17.5 Å². The number of carbonyl (C=O) groups is 1. The average Bonchev–Trinajstić information content (AvgIpc) is 3.50. The first-order valence-electron chi connectivity index (χ1n) is 11.0. The second kappa shape index (κ2) is 8.41. The van der Waals surface area contributed by atoms with Crippen LogP contribution in [0.1, 0.15) is 38.2 Å². The van der Waals surface area contributed by atoms with E-state index in [2.05, 4.69) is 16.8 Å². The standard InChI is InChI=1S/C24H30F3N3O/c1-15-11-16(12-21(31)23(29(2)3)17-6-7-17)14-30(13-15)20-9-8-19(24(25,26)27)22-18(20)5-4-10-28-22/h4-5,8-10,15-17,23H,6-7,11-14H2,1-3H3/t15-,16-,23?/m0/s1. The Morgan fingerprint density at radius 1 is 1.23 bits per heavy atom. The van der Waals surface area contributed by atoms with Crippen LogP contribution in [0.4, 0.5) is 18.9 Å². The van der Waals surface area contributed by atoms with Gasteiger partial charge in [0.25, 0.3) is 0 Å². The minimum absolute atomic E-state index is 0.0122. The number of hydrogen-bond donors (Lipinski definition) is 0. The van der Waals surface area contributed by atoms with E-state index in [0.29, 0.717) is 36.0 Å². The van der Waals surface area contributed by atoms with Gasteiger partial charge in [0.1, 0.15) is 0 Å². The van der Waals surface area contributed by atoms with Crippen LogP contribution in [0.3, 0.4) is 0 Å². The topological polar surface area (TPSA) is 36.4 Å². The molecule has 4 nitrogen and oxygen atoms in total. The van der Waals surface area contributed by atoms with Crippen molar-refractivity contribution < 1.29 is 18.0 Å². The van der Waals surface area contributed by atoms with Gasteiger partial charge in [0.05, 0.1) is 17.1 Å². The second-order valence-corrected chi connectivity index (χ2v) is 9.56. The number of ketones is 1. The minimum atomic E-state index is -4.45. The SMILES string of the molecule is C[C@H]1C[C@@H](CC(=O)C(C2CC2)N(C)C)CN(c2ccc(C(F)(F)F)c3ncccc23)C1. The molecule has 1 aromatic heterocycles. The summed E-state index contributed by atoms with van der Waals surface area (Å²) in [6.45, 7) is 3.59. The molecular weight excluding hydrogens is 403 g/mol. The summed E-state index contributed by atoms with van der Waals surface area (Å²) in [5, 5.41) is 0.514. The summed E-state index contributed by atoms with van der Waals surface area (Å²) in [5.74, 6) is 1.33. The average molecular weight is 434 g/mol. The fourth-order valence-corrected chi connectivity index (χ4v) is 5.28. The Morgan fingerprint density at radius 3 is 2.61 bits per heavy atom. The molecule has 2 heterocycles. The number of benzene rings is 1. The van der Waals surface area contributed by atoms with Gasteiger partial charge in [-0.25, -0.2) is 0 Å². The minimum Gasteiger partial charge on any atom is -0.370 e. The molecule has 0 N–H and O–H groups in total. The van der Waals surface area contributed by atoms with E-state index in [1.54, 1.807) is 18.2 Å². The van der Waals surface area contributed by atoms with Gasteiger partial charge in [-0.05, 0) is 75.4 Å². The summed E-state index contributed by atoms with van der Waals surface area (Å²) in [6, 6.07) is 6.08. The molecule has 2 fully saturated rings. The van der Waals surface area contributed by atoms with Crippen LogP contribution in [0, 0.1) is 17.8 Å². The van der Waals surface area contributed by atoms with Gasteiger partial charge in [-0.1, -0.05) is 6.92 Å². The fourth-order valence-electron chi connectivity index (χ4n) is 5.28. The van der Waals surface area contributed by atoms with Crippen LogP contribution < -0.4 is 4.90 Å². The zero-order chi connectivity index (χ0) is 22.3. The molecule has 2 aliphatic rings. The molecular formula is C24H30F3N3O. The summed E-state index contributed by atoms with van der Waals surface area (Å²) in [5.41, 5.74) is 0.0492. The molecule has 168 valence electrons. The van der Waals surface area contributed by atoms with Crippen LogP contribution in [0.2, 0.25) is 0 Å². The van der Waals surface area contributed by atoms with Gasteiger partial charge in [0, 0.05) is 36.8 Å². The summed E-state index contributed by atoms with van der Waals surface area (Å²) in [7, 11) is 3.94. The van der Waals surface area contributed by atoms with Crippen molar-refractivity contribution >= 4 is 22.4 Å². The Kier molecular flexibility index (Phi) is 5.99. The maximum atomic E-state index is 13.5. The zero-order valence-electron chi connectivity index (χ0n) is 18.3. The molecule has 0 bridgehead atoms. The van der Waals surface area contributed by atoms with E-state index < -0.39 is 11.7 Å². The van der Waals surface area contributed by atoms with E-state index in [9.17, 15) is 18.0 Å². The smallest absolute Gasteiger partial charge is 0.370 e. The Morgan fingerprint density at radius 2 is 1.97 bits per heavy atom. The van der Waals surface area contributed by atoms with Crippen LogP contribution >= 0.6 is 0 Å². The number of halogens is 3. The third-order valence-electron chi connectivity index (χ3n) is 6.58. The molecule has 0 radical (unpaired) electrons. The normalized spacial score (nSPS) is 23.4. The van der Waals surface area contributed by atoms with Gasteiger partial charge in [-0.15, -0.1) is 0 Å². The molecule has 1 aliphatic heterocycles. The number of anilines is 1. The van der Waals surface area contributed by atoms with E-state index in [1.165, 1.54) is 6.20 Å². The van der Waals surface area contributed by atoms with Crippen molar-refractivity contribution in [1.29, 1.82) is 0 Å². The van der Waals surface area contributed by atoms with E-state index in [4.69, 9.17) is 0 Å². The number of likely N-dealkylation sites (N-methyl/N-ethyl adjacent to an activating group) is 1. The van der Waals surface area contributed by atoms with Crippen LogP contribution in [0.25, 0.3) is 10.9 Å². The van der Waals surface area contributed by atoms with Crippen molar-refractivity contribution in [3.63, 3.8) is 0 Å². The zero-order valence-corrected chi connectivity index (χ0v) is 18.3. The van der Waals surface area contributed by atoms with Crippen molar-refractivity contribution in [2.45, 2.75) is 44.8 Å². The summed E-state index contributed by atoms with van der Waals surface area (Å²) < 4.78 is 40.4. The molecule has 1 unspecified atom stereocenters. The number of piperidine rings is 1. The van der Waals surface area contributed by atoms with Gasteiger partial charge >= 0.3 is 6.18 Å². The van der Waals surface area contributed by atoms with E-state index in [0.717, 1.165) is 37.6 Å². The quantitative estimate of drug-likeness (QED) is 0.641. The number of carbonyl (C=O) groups excluding carboxylic acids is 1. The number of Topliss-reactive ketones (excluding diaryl/α,β-unsaturated/α-hetero) is 1. The third kappa shape index (κ3) is 4.71. The van der Waals surface area contributed by atoms with Crippen molar-refractivity contribution in [3.05, 3.63) is 36.0 Å². The molecule has 4 rings (SSSR count). The number of aromatic nitrogens is 1. The van der Waals surface area contributed by atoms with Gasteiger partial charge < -0.3 is 4.90 Å². The van der Waals surface area contributed by atoms with Crippen LogP contribution in [0.5, 0.6) is 0 Å². The molecule has 1 saturated heterocycles. The lowest BCUT2D eigenvalue weighted by Crippen LogP contribution is -2.43. The fraction of sp³-hybridized carbons (Fsp3) is 0.583. The van der Waals surface area contributed by atoms with Gasteiger partial charge in [0.2, 0.25) is 0 Å². The van der Waals surface area contributed by atoms with Crippen LogP contribution in [-0.4, -0.2) is 48.9 Å². The largest absolute Gasteiger partial charge is 0.418 e. The maximum absolute atomic E-state index is 13.5. The van der Waals surface area contributed by atoms with Gasteiger partial charge in [0.15, 0.2) is 5.78 Å². The second-order valence-electron chi connectivity index (χ2n) is 9.56.